The van der Waals surface area contributed by atoms with Crippen LogP contribution in [0.2, 0.25) is 0 Å². The number of rotatable bonds is 3. The highest BCUT2D eigenvalue weighted by Crippen LogP contribution is 2.22. The summed E-state index contributed by atoms with van der Waals surface area (Å²) in [4.78, 5) is 16.3. The Hall–Kier alpha value is -0.430. The number of hydrogen-bond donors (Lipinski definition) is 1. The summed E-state index contributed by atoms with van der Waals surface area (Å²) in [6, 6.07) is 1.87. The molecule has 18 heavy (non-hydrogen) atoms. The van der Waals surface area contributed by atoms with Crippen LogP contribution >= 0.6 is 27.3 Å². The van der Waals surface area contributed by atoms with Gasteiger partial charge in [0.1, 0.15) is 0 Å². The largest absolute Gasteiger partial charge is 0.392 e. The normalized spacial score (nSPS) is 18.9. The van der Waals surface area contributed by atoms with Crippen LogP contribution in [0.3, 0.4) is 0 Å². The summed E-state index contributed by atoms with van der Waals surface area (Å²) in [6.45, 7) is 5.62. The van der Waals surface area contributed by atoms with Gasteiger partial charge in [0.15, 0.2) is 0 Å². The first-order valence-corrected chi connectivity index (χ1v) is 7.67. The lowest BCUT2D eigenvalue weighted by atomic mass is 10.2. The van der Waals surface area contributed by atoms with E-state index in [0.717, 1.165) is 35.5 Å². The minimum atomic E-state index is -0.305. The predicted octanol–water partition coefficient (Wildman–Crippen LogP) is 1.65. The van der Waals surface area contributed by atoms with Crippen molar-refractivity contribution in [2.45, 2.75) is 13.0 Å². The highest BCUT2D eigenvalue weighted by atomic mass is 79.9. The van der Waals surface area contributed by atoms with Gasteiger partial charge >= 0.3 is 0 Å². The van der Waals surface area contributed by atoms with E-state index >= 15 is 0 Å². The molecule has 1 aromatic heterocycles. The van der Waals surface area contributed by atoms with Crippen molar-refractivity contribution < 1.29 is 9.90 Å². The number of nitrogens with zero attached hydrogens (tertiary/aromatic N) is 2. The van der Waals surface area contributed by atoms with Crippen LogP contribution in [0, 0.1) is 0 Å². The first-order chi connectivity index (χ1) is 8.56. The average molecular weight is 333 g/mol. The first kappa shape index (κ1) is 14.0. The Morgan fingerprint density at radius 1 is 1.50 bits per heavy atom. The van der Waals surface area contributed by atoms with E-state index in [2.05, 4.69) is 20.8 Å². The zero-order valence-electron chi connectivity index (χ0n) is 10.3. The van der Waals surface area contributed by atoms with E-state index < -0.39 is 0 Å². The van der Waals surface area contributed by atoms with Crippen LogP contribution in [-0.4, -0.2) is 59.6 Å². The van der Waals surface area contributed by atoms with Gasteiger partial charge in [0.05, 0.1) is 15.5 Å². The van der Waals surface area contributed by atoms with Gasteiger partial charge in [0, 0.05) is 38.1 Å². The molecule has 0 radical (unpaired) electrons. The van der Waals surface area contributed by atoms with Crippen molar-refractivity contribution in [1.82, 2.24) is 9.80 Å². The van der Waals surface area contributed by atoms with Gasteiger partial charge in [-0.2, -0.15) is 0 Å². The second-order valence-electron chi connectivity index (χ2n) is 4.58. The van der Waals surface area contributed by atoms with Crippen molar-refractivity contribution in [3.05, 3.63) is 20.8 Å². The molecule has 1 fully saturated rings. The van der Waals surface area contributed by atoms with Crippen LogP contribution in [0.1, 0.15) is 17.3 Å². The van der Waals surface area contributed by atoms with Crippen LogP contribution in [0.25, 0.3) is 0 Å². The fourth-order valence-electron chi connectivity index (χ4n) is 2.11. The van der Waals surface area contributed by atoms with Gasteiger partial charge in [-0.1, -0.05) is 0 Å². The van der Waals surface area contributed by atoms with Gasteiger partial charge in [-0.15, -0.1) is 11.3 Å². The molecule has 1 unspecified atom stereocenters. The van der Waals surface area contributed by atoms with Crippen molar-refractivity contribution in [2.75, 3.05) is 32.7 Å². The number of carbonyl (C=O) groups excluding carboxylic acids is 1. The summed E-state index contributed by atoms with van der Waals surface area (Å²) in [6.07, 6.45) is -0.305. The number of piperazine rings is 1. The van der Waals surface area contributed by atoms with E-state index in [1.54, 1.807) is 6.92 Å². The number of thiophene rings is 1. The second-order valence-corrected chi connectivity index (χ2v) is 6.87. The first-order valence-electron chi connectivity index (χ1n) is 6.00. The van der Waals surface area contributed by atoms with Crippen LogP contribution in [0.4, 0.5) is 0 Å². The van der Waals surface area contributed by atoms with Gasteiger partial charge in [0.2, 0.25) is 0 Å². The number of aliphatic hydroxyl groups is 1. The van der Waals surface area contributed by atoms with Crippen molar-refractivity contribution in [3.8, 4) is 0 Å². The van der Waals surface area contributed by atoms with Crippen molar-refractivity contribution in [2.24, 2.45) is 0 Å². The standard InChI is InChI=1S/C12H17BrN2O2S/c1-9(16)7-14-2-4-15(5-3-14)12(17)10-6-11(13)18-8-10/h6,8-9,16H,2-5,7H2,1H3. The van der Waals surface area contributed by atoms with Crippen LogP contribution in [-0.2, 0) is 0 Å². The van der Waals surface area contributed by atoms with Gasteiger partial charge in [0.25, 0.3) is 5.91 Å². The van der Waals surface area contributed by atoms with Crippen LogP contribution in [0.15, 0.2) is 15.2 Å². The maximum Gasteiger partial charge on any atom is 0.254 e. The van der Waals surface area contributed by atoms with Crippen LogP contribution < -0.4 is 0 Å². The molecule has 1 saturated heterocycles. The van der Waals surface area contributed by atoms with Crippen molar-refractivity contribution in [3.63, 3.8) is 0 Å². The molecule has 4 nitrogen and oxygen atoms in total. The summed E-state index contributed by atoms with van der Waals surface area (Å²) in [5.74, 6) is 0.105. The highest BCUT2D eigenvalue weighted by molar-refractivity contribution is 9.11. The Bertz CT molecular complexity index is 414. The van der Waals surface area contributed by atoms with E-state index in [1.807, 2.05) is 16.3 Å². The predicted molar refractivity (Wildman–Crippen MR) is 76.0 cm³/mol. The van der Waals surface area contributed by atoms with Crippen molar-refractivity contribution >= 4 is 33.2 Å². The van der Waals surface area contributed by atoms with Gasteiger partial charge in [-0.25, -0.2) is 0 Å². The van der Waals surface area contributed by atoms with Crippen molar-refractivity contribution in [1.29, 1.82) is 0 Å². The molecule has 100 valence electrons. The Morgan fingerprint density at radius 3 is 2.67 bits per heavy atom. The number of halogens is 1. The van der Waals surface area contributed by atoms with E-state index in [0.29, 0.717) is 6.54 Å². The molecule has 0 aromatic carbocycles. The molecule has 0 bridgehead atoms. The summed E-state index contributed by atoms with van der Waals surface area (Å²) < 4.78 is 0.985. The highest BCUT2D eigenvalue weighted by Gasteiger charge is 2.23. The number of carbonyl (C=O) groups is 1. The smallest absolute Gasteiger partial charge is 0.254 e. The molecule has 0 spiro atoms. The quantitative estimate of drug-likeness (QED) is 0.915. The topological polar surface area (TPSA) is 43.8 Å². The number of hydrogen-bond acceptors (Lipinski definition) is 4. The van der Waals surface area contributed by atoms with Gasteiger partial charge in [-0.3, -0.25) is 9.69 Å². The van der Waals surface area contributed by atoms with Gasteiger partial charge < -0.3 is 10.0 Å². The second kappa shape index (κ2) is 6.14. The minimum absolute atomic E-state index is 0.105. The van der Waals surface area contributed by atoms with Gasteiger partial charge in [-0.05, 0) is 28.9 Å². The Kier molecular flexibility index (Phi) is 4.77. The molecule has 2 heterocycles. The summed E-state index contributed by atoms with van der Waals surface area (Å²) in [5, 5.41) is 11.2. The fraction of sp³-hybridized carbons (Fsp3) is 0.583. The SMILES string of the molecule is CC(O)CN1CCN(C(=O)c2csc(Br)c2)CC1. The molecule has 2 rings (SSSR count). The third kappa shape index (κ3) is 3.54. The molecule has 0 saturated carbocycles. The molecule has 1 N–H and O–H groups in total. The monoisotopic (exact) mass is 332 g/mol. The summed E-state index contributed by atoms with van der Waals surface area (Å²) in [5.41, 5.74) is 0.760. The molecule has 1 aliphatic heterocycles. The Balaban J connectivity index is 1.88. The molecule has 1 amide bonds. The molecule has 1 aromatic rings. The molecule has 0 aliphatic carbocycles. The summed E-state index contributed by atoms with van der Waals surface area (Å²) >= 11 is 4.90. The third-order valence-corrected chi connectivity index (χ3v) is 4.50. The molecular formula is C12H17BrN2O2S. The Labute approximate surface area is 119 Å². The zero-order chi connectivity index (χ0) is 13.1. The Morgan fingerprint density at radius 2 is 2.17 bits per heavy atom. The molecular weight excluding hydrogens is 316 g/mol. The maximum atomic E-state index is 12.2. The summed E-state index contributed by atoms with van der Waals surface area (Å²) in [7, 11) is 0. The third-order valence-electron chi connectivity index (χ3n) is 3.00. The fourth-order valence-corrected chi connectivity index (χ4v) is 3.24. The van der Waals surface area contributed by atoms with E-state index in [9.17, 15) is 9.90 Å². The van der Waals surface area contributed by atoms with Crippen LogP contribution in [0.5, 0.6) is 0 Å². The lowest BCUT2D eigenvalue weighted by molar-refractivity contribution is 0.0554. The molecule has 1 atom stereocenters. The maximum absolute atomic E-state index is 12.2. The van der Waals surface area contributed by atoms with E-state index in [4.69, 9.17) is 0 Å². The van der Waals surface area contributed by atoms with E-state index in [-0.39, 0.29) is 12.0 Å². The number of amides is 1. The van der Waals surface area contributed by atoms with E-state index in [1.165, 1.54) is 11.3 Å². The number of β-amino-alcohol motifs (C(OH)–C–C–N with tert-alkyl or cyclic N) is 1. The number of aliphatic hydroxyl groups excluding tert-OH is 1. The molecule has 6 heteroatoms. The zero-order valence-corrected chi connectivity index (χ0v) is 12.7. The minimum Gasteiger partial charge on any atom is -0.392 e. The lowest BCUT2D eigenvalue weighted by Crippen LogP contribution is -2.50. The lowest BCUT2D eigenvalue weighted by Gasteiger charge is -2.35. The average Bonchev–Trinajstić information content (AvgIpc) is 2.75. The molecule has 1 aliphatic rings.